The Morgan fingerprint density at radius 3 is 2.96 bits per heavy atom. The molecule has 1 saturated heterocycles. The molecular formula is C18H16Cl2N4O3. The van der Waals surface area contributed by atoms with Gasteiger partial charge in [-0.2, -0.15) is 0 Å². The quantitative estimate of drug-likeness (QED) is 0.698. The SMILES string of the molecule is O=C(O)CO[C@@H]1CCN(c2cc(-n3ccnc3)c3ccc(Cl)c(Cl)c3n2)C1. The number of halogens is 2. The number of nitrogens with zero attached hydrogens (tertiary/aromatic N) is 4. The Hall–Kier alpha value is -2.35. The summed E-state index contributed by atoms with van der Waals surface area (Å²) in [5.41, 5.74) is 1.50. The van der Waals surface area contributed by atoms with E-state index in [0.717, 1.165) is 23.3 Å². The lowest BCUT2D eigenvalue weighted by molar-refractivity contribution is -0.143. The minimum Gasteiger partial charge on any atom is -0.480 e. The third-order valence-electron chi connectivity index (χ3n) is 4.53. The third-order valence-corrected chi connectivity index (χ3v) is 5.33. The van der Waals surface area contributed by atoms with Crippen LogP contribution in [0.25, 0.3) is 16.6 Å². The number of aliphatic carboxylic acids is 1. The van der Waals surface area contributed by atoms with E-state index in [2.05, 4.69) is 9.88 Å². The molecule has 0 aliphatic carbocycles. The molecule has 1 N–H and O–H groups in total. The zero-order valence-electron chi connectivity index (χ0n) is 14.2. The van der Waals surface area contributed by atoms with E-state index in [9.17, 15) is 4.79 Å². The summed E-state index contributed by atoms with van der Waals surface area (Å²) in [7, 11) is 0. The number of carboxylic acids is 1. The van der Waals surface area contributed by atoms with Gasteiger partial charge < -0.3 is 19.3 Å². The van der Waals surface area contributed by atoms with Crippen LogP contribution in [0.5, 0.6) is 0 Å². The minimum atomic E-state index is -0.971. The van der Waals surface area contributed by atoms with Crippen LogP contribution in [-0.2, 0) is 9.53 Å². The third kappa shape index (κ3) is 3.58. The number of hydrogen-bond donors (Lipinski definition) is 1. The highest BCUT2D eigenvalue weighted by atomic mass is 35.5. The molecule has 0 unspecified atom stereocenters. The van der Waals surface area contributed by atoms with Crippen LogP contribution in [0.15, 0.2) is 36.9 Å². The Morgan fingerprint density at radius 1 is 1.37 bits per heavy atom. The summed E-state index contributed by atoms with van der Waals surface area (Å²) < 4.78 is 7.31. The van der Waals surface area contributed by atoms with E-state index >= 15 is 0 Å². The summed E-state index contributed by atoms with van der Waals surface area (Å²) in [4.78, 5) is 21.6. The molecule has 1 aliphatic rings. The number of ether oxygens (including phenoxy) is 1. The molecule has 1 fully saturated rings. The van der Waals surface area contributed by atoms with Crippen LogP contribution in [-0.4, -0.2) is 51.4 Å². The maximum atomic E-state index is 10.7. The summed E-state index contributed by atoms with van der Waals surface area (Å²) in [5.74, 6) is -0.238. The minimum absolute atomic E-state index is 0.148. The van der Waals surface area contributed by atoms with Gasteiger partial charge in [0.2, 0.25) is 0 Å². The van der Waals surface area contributed by atoms with E-state index in [1.165, 1.54) is 0 Å². The van der Waals surface area contributed by atoms with Gasteiger partial charge >= 0.3 is 5.97 Å². The van der Waals surface area contributed by atoms with Crippen molar-refractivity contribution < 1.29 is 14.6 Å². The molecule has 27 heavy (non-hydrogen) atoms. The maximum absolute atomic E-state index is 10.7. The molecule has 9 heteroatoms. The highest BCUT2D eigenvalue weighted by molar-refractivity contribution is 6.45. The van der Waals surface area contributed by atoms with Gasteiger partial charge in [-0.3, -0.25) is 0 Å². The second-order valence-corrected chi connectivity index (χ2v) is 7.07. The molecule has 1 aromatic carbocycles. The fraction of sp³-hybridized carbons (Fsp3) is 0.278. The Labute approximate surface area is 165 Å². The second kappa shape index (κ2) is 7.34. The number of fused-ring (bicyclic) bond motifs is 1. The van der Waals surface area contributed by atoms with E-state index in [0.29, 0.717) is 28.7 Å². The molecule has 0 radical (unpaired) electrons. The average Bonchev–Trinajstić information content (AvgIpc) is 3.34. The van der Waals surface area contributed by atoms with Crippen molar-refractivity contribution in [3.05, 3.63) is 47.0 Å². The Balaban J connectivity index is 1.73. The van der Waals surface area contributed by atoms with Gasteiger partial charge in [-0.25, -0.2) is 14.8 Å². The Kier molecular flexibility index (Phi) is 4.90. The standard InChI is InChI=1S/C18H16Cl2N4O3/c19-13-2-1-12-14(24-6-4-21-10-24)7-15(22-18(12)17(13)20)23-5-3-11(8-23)27-9-16(25)26/h1-2,4,6-7,10-11H,3,5,8-9H2,(H,25,26)/t11-/m1/s1. The Bertz CT molecular complexity index is 994. The lowest BCUT2D eigenvalue weighted by Crippen LogP contribution is -2.25. The predicted molar refractivity (Wildman–Crippen MR) is 103 cm³/mol. The van der Waals surface area contributed by atoms with Crippen molar-refractivity contribution in [1.82, 2.24) is 14.5 Å². The fourth-order valence-corrected chi connectivity index (χ4v) is 3.60. The van der Waals surface area contributed by atoms with Crippen LogP contribution >= 0.6 is 23.2 Å². The smallest absolute Gasteiger partial charge is 0.329 e. The number of carboxylic acid groups (broad SMARTS) is 1. The molecule has 0 amide bonds. The average molecular weight is 407 g/mol. The molecule has 2 aromatic heterocycles. The van der Waals surface area contributed by atoms with Gasteiger partial charge in [0.25, 0.3) is 0 Å². The first-order chi connectivity index (χ1) is 13.0. The maximum Gasteiger partial charge on any atom is 0.329 e. The van der Waals surface area contributed by atoms with Gasteiger partial charge in [-0.05, 0) is 18.6 Å². The number of pyridine rings is 1. The highest BCUT2D eigenvalue weighted by Crippen LogP contribution is 2.35. The van der Waals surface area contributed by atoms with Crippen LogP contribution < -0.4 is 4.90 Å². The number of benzene rings is 1. The molecule has 0 spiro atoms. The number of carbonyl (C=O) groups is 1. The predicted octanol–water partition coefficient (Wildman–Crippen LogP) is 3.41. The van der Waals surface area contributed by atoms with Crippen molar-refractivity contribution in [1.29, 1.82) is 0 Å². The molecule has 7 nitrogen and oxygen atoms in total. The first-order valence-electron chi connectivity index (χ1n) is 8.38. The van der Waals surface area contributed by atoms with Crippen LogP contribution in [0.1, 0.15) is 6.42 Å². The van der Waals surface area contributed by atoms with Crippen LogP contribution in [0.4, 0.5) is 5.82 Å². The van der Waals surface area contributed by atoms with Crippen molar-refractivity contribution >= 4 is 45.9 Å². The molecule has 0 bridgehead atoms. The lowest BCUT2D eigenvalue weighted by atomic mass is 10.1. The zero-order chi connectivity index (χ0) is 19.0. The van der Waals surface area contributed by atoms with Gasteiger partial charge in [0.15, 0.2) is 0 Å². The van der Waals surface area contributed by atoms with Gasteiger partial charge in [0.1, 0.15) is 12.4 Å². The van der Waals surface area contributed by atoms with Crippen molar-refractivity contribution in [3.8, 4) is 5.69 Å². The van der Waals surface area contributed by atoms with Crippen molar-refractivity contribution in [3.63, 3.8) is 0 Å². The summed E-state index contributed by atoms with van der Waals surface area (Å²) >= 11 is 12.6. The highest BCUT2D eigenvalue weighted by Gasteiger charge is 2.26. The van der Waals surface area contributed by atoms with E-state index in [-0.39, 0.29) is 12.7 Å². The summed E-state index contributed by atoms with van der Waals surface area (Å²) in [6, 6.07) is 5.60. The monoisotopic (exact) mass is 406 g/mol. The summed E-state index contributed by atoms with van der Waals surface area (Å²) in [5, 5.41) is 10.5. The van der Waals surface area contributed by atoms with Gasteiger partial charge in [0.05, 0.1) is 33.7 Å². The number of aromatic nitrogens is 3. The normalized spacial score (nSPS) is 17.0. The first-order valence-corrected chi connectivity index (χ1v) is 9.14. The molecule has 3 aromatic rings. The van der Waals surface area contributed by atoms with Gasteiger partial charge in [-0.15, -0.1) is 0 Å². The van der Waals surface area contributed by atoms with Crippen LogP contribution in [0.3, 0.4) is 0 Å². The number of rotatable bonds is 5. The van der Waals surface area contributed by atoms with Crippen LogP contribution in [0.2, 0.25) is 10.0 Å². The van der Waals surface area contributed by atoms with Crippen molar-refractivity contribution in [2.75, 3.05) is 24.6 Å². The number of hydrogen-bond acceptors (Lipinski definition) is 5. The molecule has 0 saturated carbocycles. The molecule has 4 rings (SSSR count). The lowest BCUT2D eigenvalue weighted by Gasteiger charge is -2.20. The van der Waals surface area contributed by atoms with Crippen molar-refractivity contribution in [2.24, 2.45) is 0 Å². The van der Waals surface area contributed by atoms with E-state index in [4.69, 9.17) is 38.0 Å². The zero-order valence-corrected chi connectivity index (χ0v) is 15.7. The summed E-state index contributed by atoms with van der Waals surface area (Å²) in [6.45, 7) is 0.975. The van der Waals surface area contributed by atoms with Crippen molar-refractivity contribution in [2.45, 2.75) is 12.5 Å². The fourth-order valence-electron chi connectivity index (χ4n) is 3.24. The van der Waals surface area contributed by atoms with E-state index < -0.39 is 5.97 Å². The van der Waals surface area contributed by atoms with Crippen LogP contribution in [0, 0.1) is 0 Å². The first kappa shape index (κ1) is 18.0. The topological polar surface area (TPSA) is 80.5 Å². The molecular weight excluding hydrogens is 391 g/mol. The largest absolute Gasteiger partial charge is 0.480 e. The van der Waals surface area contributed by atoms with Gasteiger partial charge in [0, 0.05) is 36.9 Å². The molecule has 1 atom stereocenters. The molecule has 3 heterocycles. The molecule has 1 aliphatic heterocycles. The number of imidazole rings is 1. The van der Waals surface area contributed by atoms with E-state index in [1.807, 2.05) is 22.9 Å². The summed E-state index contributed by atoms with van der Waals surface area (Å²) in [6.07, 6.45) is 5.85. The Morgan fingerprint density at radius 2 is 2.22 bits per heavy atom. The van der Waals surface area contributed by atoms with E-state index in [1.54, 1.807) is 18.6 Å². The molecule has 140 valence electrons. The second-order valence-electron chi connectivity index (χ2n) is 6.29. The number of anilines is 1. The van der Waals surface area contributed by atoms with Gasteiger partial charge in [-0.1, -0.05) is 23.2 Å².